The summed E-state index contributed by atoms with van der Waals surface area (Å²) in [5.41, 5.74) is 2.53. The van der Waals surface area contributed by atoms with Gasteiger partial charge in [0.05, 0.1) is 12.0 Å². The molecular formula is C27H35FN4O2. The molecule has 2 N–H and O–H groups in total. The summed E-state index contributed by atoms with van der Waals surface area (Å²) in [6.07, 6.45) is 3.48. The van der Waals surface area contributed by atoms with Gasteiger partial charge in [0.15, 0.2) is 0 Å². The van der Waals surface area contributed by atoms with E-state index in [4.69, 9.17) is 0 Å². The molecule has 6 nitrogen and oxygen atoms in total. The number of carbonyl (C=O) groups is 2. The van der Waals surface area contributed by atoms with Crippen LogP contribution < -0.4 is 15.5 Å². The fraction of sp³-hybridized carbons (Fsp3) is 0.481. The van der Waals surface area contributed by atoms with Crippen molar-refractivity contribution in [3.8, 4) is 0 Å². The molecule has 0 radical (unpaired) electrons. The van der Waals surface area contributed by atoms with E-state index in [1.165, 1.54) is 12.1 Å². The summed E-state index contributed by atoms with van der Waals surface area (Å²) in [4.78, 5) is 30.1. The second-order valence-electron chi connectivity index (χ2n) is 9.86. The van der Waals surface area contributed by atoms with Gasteiger partial charge >= 0.3 is 6.03 Å². The molecule has 7 heteroatoms. The number of hydrogen-bond acceptors (Lipinski definition) is 3. The molecule has 3 amide bonds. The molecule has 0 spiro atoms. The fourth-order valence-corrected chi connectivity index (χ4v) is 5.06. The molecule has 2 aromatic carbocycles. The van der Waals surface area contributed by atoms with E-state index in [1.54, 1.807) is 29.0 Å². The first-order valence-corrected chi connectivity index (χ1v) is 12.2. The molecule has 34 heavy (non-hydrogen) atoms. The first kappa shape index (κ1) is 24.2. The van der Waals surface area contributed by atoms with Crippen molar-refractivity contribution in [1.29, 1.82) is 0 Å². The highest BCUT2D eigenvalue weighted by molar-refractivity contribution is 5.97. The molecule has 2 fully saturated rings. The molecule has 1 saturated heterocycles. The Hall–Kier alpha value is -2.93. The van der Waals surface area contributed by atoms with Gasteiger partial charge in [-0.2, -0.15) is 0 Å². The van der Waals surface area contributed by atoms with Crippen LogP contribution in [0.3, 0.4) is 0 Å². The van der Waals surface area contributed by atoms with Crippen molar-refractivity contribution in [2.75, 3.05) is 17.3 Å². The first-order valence-electron chi connectivity index (χ1n) is 12.2. The average molecular weight is 467 g/mol. The number of anilines is 2. The van der Waals surface area contributed by atoms with Crippen LogP contribution in [-0.2, 0) is 4.79 Å². The van der Waals surface area contributed by atoms with Crippen LogP contribution in [0.25, 0.3) is 0 Å². The molecule has 1 aliphatic carbocycles. The van der Waals surface area contributed by atoms with Crippen LogP contribution in [-0.4, -0.2) is 42.1 Å². The maximum atomic E-state index is 13.6. The number of amides is 3. The summed E-state index contributed by atoms with van der Waals surface area (Å²) in [6, 6.07) is 13.4. The predicted molar refractivity (Wildman–Crippen MR) is 133 cm³/mol. The lowest BCUT2D eigenvalue weighted by Crippen LogP contribution is -2.69. The average Bonchev–Trinajstić information content (AvgIpc) is 2.84. The minimum absolute atomic E-state index is 0.0466. The van der Waals surface area contributed by atoms with E-state index >= 15 is 0 Å². The number of rotatable bonds is 5. The van der Waals surface area contributed by atoms with E-state index in [0.29, 0.717) is 11.6 Å². The minimum Gasteiger partial charge on any atom is -0.321 e. The lowest BCUT2D eigenvalue weighted by Gasteiger charge is -2.49. The predicted octanol–water partition coefficient (Wildman–Crippen LogP) is 5.32. The molecule has 1 saturated carbocycles. The third-order valence-electron chi connectivity index (χ3n) is 7.28. The molecule has 2 aromatic rings. The van der Waals surface area contributed by atoms with Gasteiger partial charge in [0.25, 0.3) is 0 Å². The highest BCUT2D eigenvalue weighted by atomic mass is 19.1. The van der Waals surface area contributed by atoms with Crippen molar-refractivity contribution < 1.29 is 14.0 Å². The van der Waals surface area contributed by atoms with Crippen molar-refractivity contribution in [2.24, 2.45) is 5.92 Å². The Morgan fingerprint density at radius 2 is 1.82 bits per heavy atom. The van der Waals surface area contributed by atoms with E-state index in [-0.39, 0.29) is 35.8 Å². The van der Waals surface area contributed by atoms with E-state index < -0.39 is 6.17 Å². The summed E-state index contributed by atoms with van der Waals surface area (Å²) >= 11 is 0. The lowest BCUT2D eigenvalue weighted by molar-refractivity contribution is -0.127. The normalized spacial score (nSPS) is 23.4. The maximum Gasteiger partial charge on any atom is 0.321 e. The number of hydrogen-bond donors (Lipinski definition) is 2. The summed E-state index contributed by atoms with van der Waals surface area (Å²) in [7, 11) is 1.74. The molecule has 1 aliphatic heterocycles. The van der Waals surface area contributed by atoms with Gasteiger partial charge in [-0.15, -0.1) is 0 Å². The van der Waals surface area contributed by atoms with Crippen molar-refractivity contribution in [1.82, 2.24) is 10.2 Å². The number of urea groups is 1. The summed E-state index contributed by atoms with van der Waals surface area (Å²) in [6.45, 7) is 6.17. The number of benzene rings is 2. The molecule has 1 heterocycles. The van der Waals surface area contributed by atoms with E-state index in [1.807, 2.05) is 31.2 Å². The van der Waals surface area contributed by atoms with Gasteiger partial charge in [-0.1, -0.05) is 38.8 Å². The standard InChI is InChI=1S/C27H35FN4O2/c1-17(2)19-8-7-9-21(16-19)29-27(34)31(4)18(3)25-30-24-11-6-5-10-23(24)26(33)32(25)22-14-12-20(28)13-15-22/h7-9,12-18,23-25,30H,5-6,10-11H2,1-4H3,(H,29,34). The largest absolute Gasteiger partial charge is 0.321 e. The van der Waals surface area contributed by atoms with Gasteiger partial charge in [-0.25, -0.2) is 9.18 Å². The minimum atomic E-state index is -0.421. The van der Waals surface area contributed by atoms with E-state index in [0.717, 1.165) is 36.9 Å². The molecular weight excluding hydrogens is 431 g/mol. The lowest BCUT2D eigenvalue weighted by atomic mass is 9.81. The zero-order valence-corrected chi connectivity index (χ0v) is 20.4. The number of likely N-dealkylation sites (N-methyl/N-ethyl adjacent to an activating group) is 1. The smallest absolute Gasteiger partial charge is 0.321 e. The van der Waals surface area contributed by atoms with Crippen LogP contribution in [0.15, 0.2) is 48.5 Å². The Labute approximate surface area is 201 Å². The molecule has 4 atom stereocenters. The fourth-order valence-electron chi connectivity index (χ4n) is 5.06. The van der Waals surface area contributed by atoms with Gasteiger partial charge in [0, 0.05) is 24.5 Å². The number of nitrogens with zero attached hydrogens (tertiary/aromatic N) is 2. The molecule has 182 valence electrons. The molecule has 2 aliphatic rings. The Morgan fingerprint density at radius 3 is 2.53 bits per heavy atom. The Morgan fingerprint density at radius 1 is 1.12 bits per heavy atom. The zero-order chi connectivity index (χ0) is 24.4. The second-order valence-corrected chi connectivity index (χ2v) is 9.86. The maximum absolute atomic E-state index is 13.6. The Kier molecular flexibility index (Phi) is 7.22. The third kappa shape index (κ3) is 4.94. The highest BCUT2D eigenvalue weighted by Crippen LogP contribution is 2.34. The first-order chi connectivity index (χ1) is 16.3. The van der Waals surface area contributed by atoms with E-state index in [9.17, 15) is 14.0 Å². The third-order valence-corrected chi connectivity index (χ3v) is 7.28. The van der Waals surface area contributed by atoms with Crippen molar-refractivity contribution >= 4 is 23.3 Å². The van der Waals surface area contributed by atoms with Crippen LogP contribution >= 0.6 is 0 Å². The van der Waals surface area contributed by atoms with Crippen molar-refractivity contribution in [3.63, 3.8) is 0 Å². The summed E-state index contributed by atoms with van der Waals surface area (Å²) < 4.78 is 13.6. The summed E-state index contributed by atoms with van der Waals surface area (Å²) in [5, 5.41) is 6.65. The topological polar surface area (TPSA) is 64.7 Å². The van der Waals surface area contributed by atoms with Gasteiger partial charge in [0.1, 0.15) is 12.0 Å². The molecule has 4 unspecified atom stereocenters. The van der Waals surface area contributed by atoms with Crippen LogP contribution in [0.4, 0.5) is 20.6 Å². The van der Waals surface area contributed by atoms with Crippen molar-refractivity contribution in [3.05, 3.63) is 59.9 Å². The number of carbonyl (C=O) groups excluding carboxylic acids is 2. The second kappa shape index (κ2) is 10.1. The monoisotopic (exact) mass is 466 g/mol. The Bertz CT molecular complexity index is 1030. The van der Waals surface area contributed by atoms with Crippen LogP contribution in [0, 0.1) is 11.7 Å². The number of halogens is 1. The van der Waals surface area contributed by atoms with Gasteiger partial charge < -0.3 is 10.2 Å². The molecule has 4 rings (SSSR count). The van der Waals surface area contributed by atoms with Crippen LogP contribution in [0.5, 0.6) is 0 Å². The van der Waals surface area contributed by atoms with Gasteiger partial charge in [-0.3, -0.25) is 15.0 Å². The molecule has 0 bridgehead atoms. The van der Waals surface area contributed by atoms with Gasteiger partial charge in [-0.05, 0) is 67.6 Å². The zero-order valence-electron chi connectivity index (χ0n) is 20.4. The quantitative estimate of drug-likeness (QED) is 0.627. The van der Waals surface area contributed by atoms with Crippen LogP contribution in [0.1, 0.15) is 57.9 Å². The highest BCUT2D eigenvalue weighted by Gasteiger charge is 2.45. The van der Waals surface area contributed by atoms with E-state index in [2.05, 4.69) is 24.5 Å². The summed E-state index contributed by atoms with van der Waals surface area (Å²) in [5.74, 6) is -0.0365. The SMILES string of the molecule is CC(C)c1cccc(NC(=O)N(C)C(C)C2NC3CCCCC3C(=O)N2c2ccc(F)cc2)c1. The number of fused-ring (bicyclic) bond motifs is 1. The van der Waals surface area contributed by atoms with Crippen molar-refractivity contribution in [2.45, 2.75) is 70.6 Å². The number of nitrogens with one attached hydrogen (secondary N) is 2. The Balaban J connectivity index is 1.57. The van der Waals surface area contributed by atoms with Crippen LogP contribution in [0.2, 0.25) is 0 Å². The van der Waals surface area contributed by atoms with Gasteiger partial charge in [0.2, 0.25) is 5.91 Å². The molecule has 0 aromatic heterocycles.